The highest BCUT2D eigenvalue weighted by molar-refractivity contribution is 7.86. The van der Waals surface area contributed by atoms with Crippen LogP contribution in [0.1, 0.15) is 46.1 Å². The molecule has 0 radical (unpaired) electrons. The largest absolute Gasteiger partial charge is 0.282 e. The maximum Gasteiger partial charge on any atom is 0.282 e. The zero-order valence-electron chi connectivity index (χ0n) is 15.5. The summed E-state index contributed by atoms with van der Waals surface area (Å²) >= 11 is 0. The highest BCUT2D eigenvalue weighted by Gasteiger charge is 2.27. The van der Waals surface area contributed by atoms with E-state index in [2.05, 4.69) is 27.7 Å². The molecule has 0 heterocycles. The van der Waals surface area contributed by atoms with Gasteiger partial charge >= 0.3 is 0 Å². The Balaban J connectivity index is 2.89. The molecule has 0 atom stereocenters. The van der Waals surface area contributed by atoms with Crippen LogP contribution in [-0.2, 0) is 16.8 Å². The van der Waals surface area contributed by atoms with Crippen molar-refractivity contribution in [3.8, 4) is 0 Å². The minimum atomic E-state index is -3.61. The number of benzene rings is 1. The minimum Gasteiger partial charge on any atom is -0.207 e. The molecule has 1 aromatic carbocycles. The fourth-order valence-electron chi connectivity index (χ4n) is 2.29. The topological polar surface area (TPSA) is 40.6 Å². The summed E-state index contributed by atoms with van der Waals surface area (Å²) in [5.74, 6) is 0.479. The summed E-state index contributed by atoms with van der Waals surface area (Å²) in [7, 11) is -2.09. The second kappa shape index (κ2) is 9.49. The fraction of sp³-hybridized carbons (Fsp3) is 0.667. The third kappa shape index (κ3) is 6.49. The first-order valence-corrected chi connectivity index (χ1v) is 9.99. The van der Waals surface area contributed by atoms with Gasteiger partial charge in [0.05, 0.1) is 0 Å². The van der Waals surface area contributed by atoms with Crippen molar-refractivity contribution in [2.24, 2.45) is 11.8 Å². The van der Waals surface area contributed by atoms with Gasteiger partial charge in [0.25, 0.3) is 10.2 Å². The van der Waals surface area contributed by atoms with Gasteiger partial charge in [-0.1, -0.05) is 45.9 Å². The molecule has 0 aliphatic carbocycles. The Labute approximate surface area is 146 Å². The lowest BCUT2D eigenvalue weighted by molar-refractivity contribution is 0.323. The Morgan fingerprint density at radius 1 is 1.00 bits per heavy atom. The van der Waals surface area contributed by atoms with Crippen LogP contribution in [-0.4, -0.2) is 37.2 Å². The van der Waals surface area contributed by atoms with Crippen molar-refractivity contribution < 1.29 is 12.8 Å². The maximum atomic E-state index is 13.8. The van der Waals surface area contributed by atoms with E-state index in [-0.39, 0.29) is 12.4 Å². The van der Waals surface area contributed by atoms with E-state index in [4.69, 9.17) is 0 Å². The highest BCUT2D eigenvalue weighted by Crippen LogP contribution is 2.17. The molecule has 0 saturated carbocycles. The van der Waals surface area contributed by atoms with E-state index in [0.29, 0.717) is 30.5 Å². The predicted octanol–water partition coefficient (Wildman–Crippen LogP) is 3.90. The summed E-state index contributed by atoms with van der Waals surface area (Å²) in [5.41, 5.74) is 0.385. The molecule has 138 valence electrons. The number of nitrogens with zero attached hydrogens (tertiary/aromatic N) is 2. The average Bonchev–Trinajstić information content (AvgIpc) is 2.48. The zero-order chi connectivity index (χ0) is 18.3. The van der Waals surface area contributed by atoms with Gasteiger partial charge in [-0.3, -0.25) is 0 Å². The van der Waals surface area contributed by atoms with Crippen LogP contribution >= 0.6 is 0 Å². The van der Waals surface area contributed by atoms with Crippen molar-refractivity contribution in [3.63, 3.8) is 0 Å². The summed E-state index contributed by atoms with van der Waals surface area (Å²) < 4.78 is 42.4. The van der Waals surface area contributed by atoms with Gasteiger partial charge in [0.2, 0.25) is 0 Å². The van der Waals surface area contributed by atoms with Crippen molar-refractivity contribution in [3.05, 3.63) is 35.6 Å². The Bertz CT molecular complexity index is 591. The lowest BCUT2D eigenvalue weighted by Gasteiger charge is -2.28. The first-order chi connectivity index (χ1) is 11.1. The highest BCUT2D eigenvalue weighted by atomic mass is 32.2. The van der Waals surface area contributed by atoms with Crippen LogP contribution in [0, 0.1) is 17.7 Å². The van der Waals surface area contributed by atoms with Crippen LogP contribution in [0.3, 0.4) is 0 Å². The molecule has 0 aliphatic rings. The number of halogens is 1. The van der Waals surface area contributed by atoms with Crippen molar-refractivity contribution in [2.45, 2.75) is 47.1 Å². The summed E-state index contributed by atoms with van der Waals surface area (Å²) in [6.07, 6.45) is 1.62. The Morgan fingerprint density at radius 3 is 1.96 bits per heavy atom. The minimum absolute atomic E-state index is 0.0366. The molecular weight excluding hydrogens is 327 g/mol. The summed E-state index contributed by atoms with van der Waals surface area (Å²) in [6.45, 7) is 9.34. The third-order valence-electron chi connectivity index (χ3n) is 3.98. The van der Waals surface area contributed by atoms with Crippen LogP contribution in [0.5, 0.6) is 0 Å². The van der Waals surface area contributed by atoms with Crippen LogP contribution in [0.15, 0.2) is 24.3 Å². The van der Waals surface area contributed by atoms with E-state index in [9.17, 15) is 12.8 Å². The Kier molecular flexibility index (Phi) is 8.33. The van der Waals surface area contributed by atoms with Gasteiger partial charge in [-0.05, 0) is 30.7 Å². The van der Waals surface area contributed by atoms with Crippen molar-refractivity contribution in [1.29, 1.82) is 0 Å². The van der Waals surface area contributed by atoms with Gasteiger partial charge < -0.3 is 0 Å². The standard InChI is InChI=1S/C18H31FN2O2S/c1-15(2)10-12-21(13-11-16(3)4)24(22,23)20(5)14-17-8-6-7-9-18(17)19/h6-9,15-16H,10-14H2,1-5H3. The van der Waals surface area contributed by atoms with Crippen LogP contribution in [0.25, 0.3) is 0 Å². The molecule has 0 fully saturated rings. The van der Waals surface area contributed by atoms with Gasteiger partial charge in [0, 0.05) is 32.2 Å². The first kappa shape index (κ1) is 21.1. The predicted molar refractivity (Wildman–Crippen MR) is 97.3 cm³/mol. The molecule has 0 unspecified atom stereocenters. The maximum absolute atomic E-state index is 13.8. The smallest absolute Gasteiger partial charge is 0.207 e. The van der Waals surface area contributed by atoms with Crippen LogP contribution < -0.4 is 0 Å². The molecule has 1 rings (SSSR count). The van der Waals surface area contributed by atoms with Gasteiger partial charge in [-0.25, -0.2) is 4.39 Å². The molecule has 0 bridgehead atoms. The number of hydrogen-bond donors (Lipinski definition) is 0. The second-order valence-electron chi connectivity index (χ2n) is 7.12. The summed E-state index contributed by atoms with van der Waals surface area (Å²) in [5, 5.41) is 0. The molecule has 24 heavy (non-hydrogen) atoms. The second-order valence-corrected chi connectivity index (χ2v) is 9.15. The zero-order valence-corrected chi connectivity index (χ0v) is 16.3. The normalized spacial score (nSPS) is 12.8. The Hall–Kier alpha value is -0.980. The average molecular weight is 359 g/mol. The monoisotopic (exact) mass is 358 g/mol. The molecule has 0 spiro atoms. The van der Waals surface area contributed by atoms with Gasteiger partial charge in [0.1, 0.15) is 5.82 Å². The molecule has 0 N–H and O–H groups in total. The lowest BCUT2D eigenvalue weighted by atomic mass is 10.1. The quantitative estimate of drug-likeness (QED) is 0.636. The molecule has 0 aromatic heterocycles. The molecule has 0 saturated heterocycles. The molecule has 6 heteroatoms. The lowest BCUT2D eigenvalue weighted by Crippen LogP contribution is -2.43. The van der Waals surface area contributed by atoms with E-state index >= 15 is 0 Å². The number of hydrogen-bond acceptors (Lipinski definition) is 2. The fourth-order valence-corrected chi connectivity index (χ4v) is 3.66. The van der Waals surface area contributed by atoms with E-state index < -0.39 is 10.2 Å². The van der Waals surface area contributed by atoms with Crippen LogP contribution in [0.2, 0.25) is 0 Å². The third-order valence-corrected chi connectivity index (χ3v) is 5.92. The molecule has 4 nitrogen and oxygen atoms in total. The van der Waals surface area contributed by atoms with E-state index in [1.807, 2.05) is 0 Å². The van der Waals surface area contributed by atoms with Crippen molar-refractivity contribution >= 4 is 10.2 Å². The molecule has 0 amide bonds. The SMILES string of the molecule is CC(C)CCN(CCC(C)C)S(=O)(=O)N(C)Cc1ccccc1F. The summed E-state index contributed by atoms with van der Waals surface area (Å²) in [4.78, 5) is 0. The molecule has 0 aliphatic heterocycles. The van der Waals surface area contributed by atoms with Gasteiger partial charge in [-0.2, -0.15) is 17.0 Å². The number of rotatable bonds is 10. The van der Waals surface area contributed by atoms with Crippen LogP contribution in [0.4, 0.5) is 4.39 Å². The van der Waals surface area contributed by atoms with E-state index in [1.54, 1.807) is 18.2 Å². The van der Waals surface area contributed by atoms with Crippen molar-refractivity contribution in [1.82, 2.24) is 8.61 Å². The first-order valence-electron chi connectivity index (χ1n) is 8.59. The Morgan fingerprint density at radius 2 is 1.50 bits per heavy atom. The molecular formula is C18H31FN2O2S. The molecule has 1 aromatic rings. The van der Waals surface area contributed by atoms with Gasteiger partial charge in [0.15, 0.2) is 0 Å². The van der Waals surface area contributed by atoms with E-state index in [0.717, 1.165) is 12.8 Å². The summed E-state index contributed by atoms with van der Waals surface area (Å²) in [6, 6.07) is 6.29. The van der Waals surface area contributed by atoms with Gasteiger partial charge in [-0.15, -0.1) is 0 Å². The van der Waals surface area contributed by atoms with Crippen molar-refractivity contribution in [2.75, 3.05) is 20.1 Å². The van der Waals surface area contributed by atoms with E-state index in [1.165, 1.54) is 21.7 Å².